The van der Waals surface area contributed by atoms with Gasteiger partial charge in [-0.1, -0.05) is 19.0 Å². The molecule has 1 aliphatic heterocycles. The van der Waals surface area contributed by atoms with Crippen molar-refractivity contribution in [3.05, 3.63) is 30.4 Å². The summed E-state index contributed by atoms with van der Waals surface area (Å²) in [6, 6.07) is 3.72. The van der Waals surface area contributed by atoms with Crippen LogP contribution in [0.25, 0.3) is 11.4 Å². The molecule has 0 saturated carbocycles. The molecule has 2 amide bonds. The highest BCUT2D eigenvalue weighted by Crippen LogP contribution is 2.26. The van der Waals surface area contributed by atoms with E-state index in [9.17, 15) is 9.59 Å². The molecular formula is C21H29N5O3. The number of aromatic nitrogens is 3. The quantitative estimate of drug-likeness (QED) is 0.848. The summed E-state index contributed by atoms with van der Waals surface area (Å²) in [6.07, 6.45) is 6.60. The average Bonchev–Trinajstić information content (AvgIpc) is 3.17. The van der Waals surface area contributed by atoms with E-state index in [4.69, 9.17) is 4.52 Å². The predicted octanol–water partition coefficient (Wildman–Crippen LogP) is 2.78. The van der Waals surface area contributed by atoms with Gasteiger partial charge in [0.05, 0.1) is 0 Å². The third-order valence-electron chi connectivity index (χ3n) is 5.05. The zero-order chi connectivity index (χ0) is 20.6. The molecular weight excluding hydrogens is 370 g/mol. The number of carbonyl (C=O) groups excluding carboxylic acids is 2. The maximum Gasteiger partial charge on any atom is 0.230 e. The molecule has 29 heavy (non-hydrogen) atoms. The van der Waals surface area contributed by atoms with Crippen LogP contribution in [0.5, 0.6) is 0 Å². The number of carbonyl (C=O) groups is 2. The van der Waals surface area contributed by atoms with Crippen molar-refractivity contribution in [2.75, 3.05) is 19.6 Å². The third-order valence-corrected chi connectivity index (χ3v) is 5.05. The fourth-order valence-corrected chi connectivity index (χ4v) is 3.48. The fourth-order valence-electron chi connectivity index (χ4n) is 3.48. The number of pyridine rings is 1. The highest BCUT2D eigenvalue weighted by Gasteiger charge is 2.23. The van der Waals surface area contributed by atoms with Gasteiger partial charge in [0.25, 0.3) is 0 Å². The molecule has 1 aliphatic rings. The Morgan fingerprint density at radius 2 is 2.21 bits per heavy atom. The summed E-state index contributed by atoms with van der Waals surface area (Å²) in [7, 11) is 0. The number of hydrogen-bond acceptors (Lipinski definition) is 6. The molecule has 1 fully saturated rings. The zero-order valence-corrected chi connectivity index (χ0v) is 17.1. The molecule has 1 atom stereocenters. The van der Waals surface area contributed by atoms with Crippen LogP contribution in [0, 0.1) is 5.92 Å². The molecule has 1 N–H and O–H groups in total. The molecule has 0 aromatic carbocycles. The molecule has 0 radical (unpaired) electrons. The summed E-state index contributed by atoms with van der Waals surface area (Å²) in [5, 5.41) is 7.03. The second-order valence-electron chi connectivity index (χ2n) is 7.90. The van der Waals surface area contributed by atoms with Gasteiger partial charge in [0.1, 0.15) is 0 Å². The second-order valence-corrected chi connectivity index (χ2v) is 7.90. The molecule has 156 valence electrons. The largest absolute Gasteiger partial charge is 0.356 e. The summed E-state index contributed by atoms with van der Waals surface area (Å²) in [4.78, 5) is 35.1. The van der Waals surface area contributed by atoms with E-state index >= 15 is 0 Å². The van der Waals surface area contributed by atoms with E-state index in [1.165, 1.54) is 0 Å². The summed E-state index contributed by atoms with van der Waals surface area (Å²) in [5.41, 5.74) is 0.804. The zero-order valence-electron chi connectivity index (χ0n) is 17.1. The standard InChI is InChI=1S/C21H29N5O3/c1-15(2)13-19(28)26-11-4-6-16(7-10-23-18(27)8-12-26)21-24-20(25-29-21)17-5-3-9-22-14-17/h3,5,9,14-16H,4,6-8,10-13H2,1-2H3,(H,23,27). The molecule has 0 aliphatic carbocycles. The van der Waals surface area contributed by atoms with Gasteiger partial charge in [0, 0.05) is 56.4 Å². The molecule has 0 bridgehead atoms. The van der Waals surface area contributed by atoms with Gasteiger partial charge in [0.2, 0.25) is 23.5 Å². The maximum atomic E-state index is 12.5. The molecule has 2 aromatic heterocycles. The van der Waals surface area contributed by atoms with Gasteiger partial charge >= 0.3 is 0 Å². The average molecular weight is 399 g/mol. The molecule has 2 aromatic rings. The van der Waals surface area contributed by atoms with E-state index < -0.39 is 0 Å². The van der Waals surface area contributed by atoms with Gasteiger partial charge in [-0.15, -0.1) is 0 Å². The first-order valence-electron chi connectivity index (χ1n) is 10.3. The van der Waals surface area contributed by atoms with Crippen molar-refractivity contribution in [1.82, 2.24) is 25.3 Å². The van der Waals surface area contributed by atoms with E-state index in [0.717, 1.165) is 24.8 Å². The second kappa shape index (κ2) is 10.1. The van der Waals surface area contributed by atoms with Crippen LogP contribution in [0.1, 0.15) is 57.8 Å². The molecule has 8 heteroatoms. The van der Waals surface area contributed by atoms with Crippen LogP contribution in [-0.4, -0.2) is 51.5 Å². The fraction of sp³-hybridized carbons (Fsp3) is 0.571. The van der Waals surface area contributed by atoms with E-state index in [-0.39, 0.29) is 17.7 Å². The number of nitrogens with zero attached hydrogens (tertiary/aromatic N) is 4. The monoisotopic (exact) mass is 399 g/mol. The van der Waals surface area contributed by atoms with Crippen LogP contribution >= 0.6 is 0 Å². The molecule has 1 saturated heterocycles. The molecule has 0 spiro atoms. The van der Waals surface area contributed by atoms with Crippen LogP contribution in [0.4, 0.5) is 0 Å². The summed E-state index contributed by atoms with van der Waals surface area (Å²) >= 11 is 0. The van der Waals surface area contributed by atoms with Crippen LogP contribution in [0.3, 0.4) is 0 Å². The van der Waals surface area contributed by atoms with Gasteiger partial charge in [-0.25, -0.2) is 0 Å². The van der Waals surface area contributed by atoms with Crippen molar-refractivity contribution in [3.8, 4) is 11.4 Å². The van der Waals surface area contributed by atoms with Crippen LogP contribution in [-0.2, 0) is 9.59 Å². The highest BCUT2D eigenvalue weighted by atomic mass is 16.5. The Kier molecular flexibility index (Phi) is 7.32. The van der Waals surface area contributed by atoms with Gasteiger partial charge in [-0.05, 0) is 37.3 Å². The van der Waals surface area contributed by atoms with Gasteiger partial charge in [0.15, 0.2) is 0 Å². The van der Waals surface area contributed by atoms with Crippen molar-refractivity contribution in [3.63, 3.8) is 0 Å². The molecule has 3 heterocycles. The van der Waals surface area contributed by atoms with Gasteiger partial charge in [-0.3, -0.25) is 14.6 Å². The topological polar surface area (TPSA) is 101 Å². The highest BCUT2D eigenvalue weighted by molar-refractivity contribution is 5.79. The Bertz CT molecular complexity index is 806. The Hall–Kier alpha value is -2.77. The minimum atomic E-state index is -0.0328. The van der Waals surface area contributed by atoms with E-state index in [2.05, 4.69) is 20.4 Å². The first-order valence-corrected chi connectivity index (χ1v) is 10.3. The molecule has 3 rings (SSSR count). The molecule has 8 nitrogen and oxygen atoms in total. The van der Waals surface area contributed by atoms with Crippen LogP contribution < -0.4 is 5.32 Å². The van der Waals surface area contributed by atoms with E-state index in [0.29, 0.717) is 50.1 Å². The van der Waals surface area contributed by atoms with Crippen molar-refractivity contribution < 1.29 is 14.1 Å². The Balaban J connectivity index is 1.69. The normalized spacial score (nSPS) is 18.9. The molecule has 1 unspecified atom stereocenters. The summed E-state index contributed by atoms with van der Waals surface area (Å²) < 4.78 is 5.53. The smallest absolute Gasteiger partial charge is 0.230 e. The van der Waals surface area contributed by atoms with Crippen molar-refractivity contribution >= 4 is 11.8 Å². The summed E-state index contributed by atoms with van der Waals surface area (Å²) in [5.74, 6) is 1.49. The lowest BCUT2D eigenvalue weighted by Crippen LogP contribution is -2.36. The minimum Gasteiger partial charge on any atom is -0.356 e. The van der Waals surface area contributed by atoms with Crippen molar-refractivity contribution in [2.45, 2.75) is 51.9 Å². The van der Waals surface area contributed by atoms with Crippen molar-refractivity contribution in [1.29, 1.82) is 0 Å². The number of amides is 2. The predicted molar refractivity (Wildman–Crippen MR) is 108 cm³/mol. The lowest BCUT2D eigenvalue weighted by Gasteiger charge is -2.23. The number of rotatable bonds is 4. The van der Waals surface area contributed by atoms with E-state index in [1.807, 2.05) is 30.9 Å². The first-order chi connectivity index (χ1) is 14.0. The van der Waals surface area contributed by atoms with Gasteiger partial charge < -0.3 is 14.7 Å². The van der Waals surface area contributed by atoms with Crippen LogP contribution in [0.2, 0.25) is 0 Å². The van der Waals surface area contributed by atoms with Crippen LogP contribution in [0.15, 0.2) is 29.0 Å². The Morgan fingerprint density at radius 1 is 1.34 bits per heavy atom. The number of hydrogen-bond donors (Lipinski definition) is 1. The SMILES string of the molecule is CC(C)CC(=O)N1CCCC(c2nc(-c3cccnc3)no2)CCNC(=O)CC1. The minimum absolute atomic E-state index is 0.0328. The number of nitrogens with one attached hydrogen (secondary N) is 1. The van der Waals surface area contributed by atoms with Crippen molar-refractivity contribution in [2.24, 2.45) is 5.92 Å². The van der Waals surface area contributed by atoms with Gasteiger partial charge in [-0.2, -0.15) is 4.98 Å². The Labute approximate surface area is 171 Å². The lowest BCUT2D eigenvalue weighted by atomic mass is 9.99. The van der Waals surface area contributed by atoms with E-state index in [1.54, 1.807) is 12.4 Å². The Morgan fingerprint density at radius 3 is 2.97 bits per heavy atom. The summed E-state index contributed by atoms with van der Waals surface area (Å²) in [6.45, 7) is 5.71. The third kappa shape index (κ3) is 6.10. The lowest BCUT2D eigenvalue weighted by molar-refractivity contribution is -0.132. The maximum absolute atomic E-state index is 12.5. The first kappa shape index (κ1) is 21.0.